The van der Waals surface area contributed by atoms with Gasteiger partial charge in [-0.15, -0.1) is 0 Å². The zero-order chi connectivity index (χ0) is 14.5. The van der Waals surface area contributed by atoms with Crippen molar-refractivity contribution in [2.45, 2.75) is 36.7 Å². The van der Waals surface area contributed by atoms with Crippen molar-refractivity contribution in [1.29, 1.82) is 0 Å². The van der Waals surface area contributed by atoms with Crippen molar-refractivity contribution in [3.05, 3.63) is 53.6 Å². The lowest BCUT2D eigenvalue weighted by molar-refractivity contribution is 0.572. The molecule has 2 aromatic rings. The molecule has 0 saturated heterocycles. The first-order valence-electron chi connectivity index (χ1n) is 6.57. The number of benzene rings is 1. The first kappa shape index (κ1) is 14.9. The monoisotopic (exact) mass is 291 g/mol. The van der Waals surface area contributed by atoms with Crippen LogP contribution in [0.3, 0.4) is 0 Å². The lowest BCUT2D eigenvalue weighted by Gasteiger charge is -2.22. The van der Waals surface area contributed by atoms with E-state index >= 15 is 0 Å². The molecule has 0 aliphatic carbocycles. The van der Waals surface area contributed by atoms with E-state index in [1.54, 1.807) is 24.5 Å². The summed E-state index contributed by atoms with van der Waals surface area (Å²) in [5.74, 6) is -0.235. The molecular formula is C15H18FN3S. The summed E-state index contributed by atoms with van der Waals surface area (Å²) in [5, 5.41) is 0.427. The van der Waals surface area contributed by atoms with Crippen LogP contribution in [0.5, 0.6) is 0 Å². The minimum Gasteiger partial charge on any atom is -0.326 e. The highest BCUT2D eigenvalue weighted by molar-refractivity contribution is 7.99. The molecule has 0 fully saturated rings. The number of aryl methyl sites for hydroxylation is 1. The molecule has 1 aromatic heterocycles. The lowest BCUT2D eigenvalue weighted by Crippen LogP contribution is -2.26. The van der Waals surface area contributed by atoms with Crippen LogP contribution >= 0.6 is 11.8 Å². The van der Waals surface area contributed by atoms with E-state index < -0.39 is 0 Å². The maximum atomic E-state index is 14.0. The highest BCUT2D eigenvalue weighted by Crippen LogP contribution is 2.37. The van der Waals surface area contributed by atoms with Crippen LogP contribution in [-0.4, -0.2) is 16.0 Å². The highest BCUT2D eigenvalue weighted by atomic mass is 32.2. The van der Waals surface area contributed by atoms with Crippen molar-refractivity contribution in [3.63, 3.8) is 0 Å². The molecule has 0 saturated carbocycles. The molecule has 2 unspecified atom stereocenters. The van der Waals surface area contributed by atoms with Gasteiger partial charge in [-0.3, -0.25) is 0 Å². The molecule has 0 amide bonds. The standard InChI is InChI=1S/C15H18FN3S/c1-3-13(17)14(11-6-4-5-7-12(11)16)20-15-18-8-10(2)9-19-15/h4-9,13-14H,3,17H2,1-2H3. The van der Waals surface area contributed by atoms with Gasteiger partial charge in [0.2, 0.25) is 0 Å². The largest absolute Gasteiger partial charge is 0.326 e. The molecule has 5 heteroatoms. The Balaban J connectivity index is 2.29. The summed E-state index contributed by atoms with van der Waals surface area (Å²) >= 11 is 1.41. The van der Waals surface area contributed by atoms with Crippen LogP contribution in [0.15, 0.2) is 41.8 Å². The topological polar surface area (TPSA) is 51.8 Å². The Kier molecular flexibility index (Phi) is 5.09. The van der Waals surface area contributed by atoms with Gasteiger partial charge in [0.1, 0.15) is 5.82 Å². The Labute approximate surface area is 122 Å². The SMILES string of the molecule is CCC(N)C(Sc1ncc(C)cn1)c1ccccc1F. The van der Waals surface area contributed by atoms with E-state index in [-0.39, 0.29) is 17.1 Å². The Morgan fingerprint density at radius 2 is 1.90 bits per heavy atom. The van der Waals surface area contributed by atoms with E-state index in [0.717, 1.165) is 12.0 Å². The number of rotatable bonds is 5. The number of aromatic nitrogens is 2. The van der Waals surface area contributed by atoms with Crippen molar-refractivity contribution in [2.75, 3.05) is 0 Å². The zero-order valence-electron chi connectivity index (χ0n) is 11.6. The average molecular weight is 291 g/mol. The molecule has 2 atom stereocenters. The molecule has 106 valence electrons. The van der Waals surface area contributed by atoms with Gasteiger partial charge in [-0.1, -0.05) is 36.9 Å². The van der Waals surface area contributed by atoms with Crippen molar-refractivity contribution in [1.82, 2.24) is 9.97 Å². The second kappa shape index (κ2) is 6.81. The first-order chi connectivity index (χ1) is 9.61. The molecule has 20 heavy (non-hydrogen) atoms. The molecule has 0 spiro atoms. The van der Waals surface area contributed by atoms with Crippen LogP contribution in [0.1, 0.15) is 29.7 Å². The lowest BCUT2D eigenvalue weighted by atomic mass is 10.0. The fraction of sp³-hybridized carbons (Fsp3) is 0.333. The van der Waals surface area contributed by atoms with Gasteiger partial charge in [-0.05, 0) is 25.0 Å². The molecule has 2 N–H and O–H groups in total. The maximum absolute atomic E-state index is 14.0. The van der Waals surface area contributed by atoms with Crippen LogP contribution in [-0.2, 0) is 0 Å². The Hall–Kier alpha value is -1.46. The summed E-state index contributed by atoms with van der Waals surface area (Å²) in [6, 6.07) is 6.59. The molecule has 1 heterocycles. The van der Waals surface area contributed by atoms with Crippen LogP contribution < -0.4 is 5.73 Å². The second-order valence-electron chi connectivity index (χ2n) is 4.68. The number of halogens is 1. The molecule has 0 aliphatic heterocycles. The van der Waals surface area contributed by atoms with Crippen molar-refractivity contribution < 1.29 is 4.39 Å². The van der Waals surface area contributed by atoms with Gasteiger partial charge in [-0.2, -0.15) is 0 Å². The molecule has 3 nitrogen and oxygen atoms in total. The number of hydrogen-bond acceptors (Lipinski definition) is 4. The van der Waals surface area contributed by atoms with Crippen molar-refractivity contribution in [3.8, 4) is 0 Å². The van der Waals surface area contributed by atoms with Gasteiger partial charge in [-0.25, -0.2) is 14.4 Å². The third-order valence-corrected chi connectivity index (χ3v) is 4.34. The summed E-state index contributed by atoms with van der Waals surface area (Å²) in [5.41, 5.74) is 7.76. The van der Waals surface area contributed by atoms with Gasteiger partial charge >= 0.3 is 0 Å². The van der Waals surface area contributed by atoms with Crippen molar-refractivity contribution >= 4 is 11.8 Å². The molecular weight excluding hydrogens is 273 g/mol. The molecule has 0 aliphatic rings. The second-order valence-corrected chi connectivity index (χ2v) is 5.78. The fourth-order valence-corrected chi connectivity index (χ4v) is 3.00. The quantitative estimate of drug-likeness (QED) is 0.676. The molecule has 0 radical (unpaired) electrons. The van der Waals surface area contributed by atoms with Crippen molar-refractivity contribution in [2.24, 2.45) is 5.73 Å². The minimum atomic E-state index is -0.235. The molecule has 0 bridgehead atoms. The minimum absolute atomic E-state index is 0.151. The van der Waals surface area contributed by atoms with Crippen LogP contribution in [0.25, 0.3) is 0 Å². The summed E-state index contributed by atoms with van der Waals surface area (Å²) in [4.78, 5) is 8.53. The van der Waals surface area contributed by atoms with Crippen LogP contribution in [0.4, 0.5) is 4.39 Å². The summed E-state index contributed by atoms with van der Waals surface area (Å²) < 4.78 is 14.0. The van der Waals surface area contributed by atoms with Gasteiger partial charge < -0.3 is 5.73 Å². The van der Waals surface area contributed by atoms with E-state index in [1.807, 2.05) is 19.9 Å². The average Bonchev–Trinajstić information content (AvgIpc) is 2.47. The fourth-order valence-electron chi connectivity index (χ4n) is 1.86. The zero-order valence-corrected chi connectivity index (χ0v) is 12.4. The summed E-state index contributed by atoms with van der Waals surface area (Å²) in [6.45, 7) is 3.93. The third kappa shape index (κ3) is 3.55. The van der Waals surface area contributed by atoms with Gasteiger partial charge in [0.15, 0.2) is 5.16 Å². The maximum Gasteiger partial charge on any atom is 0.188 e. The highest BCUT2D eigenvalue weighted by Gasteiger charge is 2.23. The van der Waals surface area contributed by atoms with Crippen LogP contribution in [0, 0.1) is 12.7 Å². The summed E-state index contributed by atoms with van der Waals surface area (Å²) in [6.07, 6.45) is 4.27. The van der Waals surface area contributed by atoms with Gasteiger partial charge in [0.05, 0.1) is 5.25 Å². The van der Waals surface area contributed by atoms with E-state index in [2.05, 4.69) is 9.97 Å². The number of thioether (sulfide) groups is 1. The summed E-state index contributed by atoms with van der Waals surface area (Å²) in [7, 11) is 0. The predicted octanol–water partition coefficient (Wildman–Crippen LogP) is 3.49. The first-order valence-corrected chi connectivity index (χ1v) is 7.45. The number of nitrogens with two attached hydrogens (primary N) is 1. The Bertz CT molecular complexity index is 559. The van der Waals surface area contributed by atoms with E-state index in [4.69, 9.17) is 5.73 Å². The Morgan fingerprint density at radius 1 is 1.25 bits per heavy atom. The van der Waals surface area contributed by atoms with Crippen LogP contribution in [0.2, 0.25) is 0 Å². The predicted molar refractivity (Wildman–Crippen MR) is 80.0 cm³/mol. The van der Waals surface area contributed by atoms with E-state index in [1.165, 1.54) is 17.8 Å². The number of hydrogen-bond donors (Lipinski definition) is 1. The van der Waals surface area contributed by atoms with E-state index in [9.17, 15) is 4.39 Å². The number of nitrogens with zero attached hydrogens (tertiary/aromatic N) is 2. The smallest absolute Gasteiger partial charge is 0.188 e. The Morgan fingerprint density at radius 3 is 2.50 bits per heavy atom. The van der Waals surface area contributed by atoms with Gasteiger partial charge in [0, 0.05) is 24.0 Å². The molecule has 2 rings (SSSR count). The van der Waals surface area contributed by atoms with Gasteiger partial charge in [0.25, 0.3) is 0 Å². The normalized spacial score (nSPS) is 14.0. The van der Waals surface area contributed by atoms with E-state index in [0.29, 0.717) is 10.7 Å². The third-order valence-electron chi connectivity index (χ3n) is 3.06. The molecule has 1 aromatic carbocycles.